The molecule has 0 amide bonds. The number of aromatic nitrogens is 1. The molecule has 0 radical (unpaired) electrons. The monoisotopic (exact) mass is 315 g/mol. The molecule has 0 saturated carbocycles. The highest BCUT2D eigenvalue weighted by molar-refractivity contribution is 5.58. The van der Waals surface area contributed by atoms with Gasteiger partial charge in [0.2, 0.25) is 0 Å². The van der Waals surface area contributed by atoms with Crippen LogP contribution in [0.2, 0.25) is 0 Å². The van der Waals surface area contributed by atoms with E-state index in [-0.39, 0.29) is 5.82 Å². The highest BCUT2D eigenvalue weighted by atomic mass is 19.1. The van der Waals surface area contributed by atoms with Crippen LogP contribution >= 0.6 is 0 Å². The summed E-state index contributed by atoms with van der Waals surface area (Å²) in [4.78, 5) is 2.47. The van der Waals surface area contributed by atoms with E-state index in [4.69, 9.17) is 4.52 Å². The SMILES string of the molecule is Fc1ccc(-c2cc(CN3CC[C@@H]4CNC[C@@H]4CC3)on2)cc1. The van der Waals surface area contributed by atoms with Crippen LogP contribution in [0.3, 0.4) is 0 Å². The highest BCUT2D eigenvalue weighted by Gasteiger charge is 2.30. The number of nitrogens with one attached hydrogen (secondary N) is 1. The Kier molecular flexibility index (Phi) is 4.14. The second-order valence-electron chi connectivity index (χ2n) is 6.72. The largest absolute Gasteiger partial charge is 0.359 e. The summed E-state index contributed by atoms with van der Waals surface area (Å²) in [7, 11) is 0. The van der Waals surface area contributed by atoms with Gasteiger partial charge in [-0.15, -0.1) is 0 Å². The van der Waals surface area contributed by atoms with Gasteiger partial charge in [0, 0.05) is 11.6 Å². The molecule has 0 unspecified atom stereocenters. The summed E-state index contributed by atoms with van der Waals surface area (Å²) >= 11 is 0. The molecule has 2 fully saturated rings. The fraction of sp³-hybridized carbons (Fsp3) is 0.500. The Bertz CT molecular complexity index is 641. The Balaban J connectivity index is 1.40. The van der Waals surface area contributed by atoms with Gasteiger partial charge in [-0.1, -0.05) is 5.16 Å². The van der Waals surface area contributed by atoms with Crippen molar-refractivity contribution in [1.82, 2.24) is 15.4 Å². The van der Waals surface area contributed by atoms with Crippen molar-refractivity contribution in [3.05, 3.63) is 41.9 Å². The van der Waals surface area contributed by atoms with Crippen LogP contribution < -0.4 is 5.32 Å². The molecule has 1 aromatic heterocycles. The van der Waals surface area contributed by atoms with Crippen LogP contribution in [0.4, 0.5) is 4.39 Å². The van der Waals surface area contributed by atoms with Crippen LogP contribution in [0.1, 0.15) is 18.6 Å². The average molecular weight is 315 g/mol. The van der Waals surface area contributed by atoms with E-state index >= 15 is 0 Å². The summed E-state index contributed by atoms with van der Waals surface area (Å²) in [5, 5.41) is 7.64. The lowest BCUT2D eigenvalue weighted by Gasteiger charge is -2.18. The predicted octanol–water partition coefficient (Wildman–Crippen LogP) is 2.91. The molecule has 1 N–H and O–H groups in total. The van der Waals surface area contributed by atoms with Crippen LogP contribution in [-0.4, -0.2) is 36.2 Å². The lowest BCUT2D eigenvalue weighted by Crippen LogP contribution is -2.25. The van der Waals surface area contributed by atoms with Gasteiger partial charge in [-0.3, -0.25) is 4.90 Å². The van der Waals surface area contributed by atoms with E-state index in [1.807, 2.05) is 6.07 Å². The topological polar surface area (TPSA) is 41.3 Å². The van der Waals surface area contributed by atoms with Crippen LogP contribution in [0.5, 0.6) is 0 Å². The Morgan fingerprint density at radius 1 is 1.13 bits per heavy atom. The number of rotatable bonds is 3. The molecule has 23 heavy (non-hydrogen) atoms. The molecular formula is C18H22FN3O. The van der Waals surface area contributed by atoms with Crippen molar-refractivity contribution in [1.29, 1.82) is 0 Å². The number of nitrogens with zero attached hydrogens (tertiary/aromatic N) is 2. The quantitative estimate of drug-likeness (QED) is 0.945. The second kappa shape index (κ2) is 6.42. The van der Waals surface area contributed by atoms with Crippen LogP contribution in [0.15, 0.2) is 34.9 Å². The van der Waals surface area contributed by atoms with E-state index in [2.05, 4.69) is 15.4 Å². The van der Waals surface area contributed by atoms with Gasteiger partial charge in [0.1, 0.15) is 11.5 Å². The van der Waals surface area contributed by atoms with E-state index in [1.165, 1.54) is 38.1 Å². The van der Waals surface area contributed by atoms with Gasteiger partial charge in [0.15, 0.2) is 5.76 Å². The average Bonchev–Trinajstić information content (AvgIpc) is 3.16. The number of hydrogen-bond acceptors (Lipinski definition) is 4. The lowest BCUT2D eigenvalue weighted by molar-refractivity contribution is 0.234. The minimum absolute atomic E-state index is 0.234. The molecule has 2 aliphatic rings. The molecule has 2 atom stereocenters. The maximum absolute atomic E-state index is 13.0. The number of halogens is 1. The van der Waals surface area contributed by atoms with E-state index in [1.54, 1.807) is 12.1 Å². The molecule has 1 aromatic carbocycles. The summed E-state index contributed by atoms with van der Waals surface area (Å²) in [6.07, 6.45) is 2.52. The number of likely N-dealkylation sites (tertiary alicyclic amines) is 1. The van der Waals surface area contributed by atoms with E-state index in [9.17, 15) is 4.39 Å². The van der Waals surface area contributed by atoms with Crippen molar-refractivity contribution >= 4 is 0 Å². The summed E-state index contributed by atoms with van der Waals surface area (Å²) in [5.41, 5.74) is 1.66. The van der Waals surface area contributed by atoms with Crippen molar-refractivity contribution < 1.29 is 8.91 Å². The smallest absolute Gasteiger partial charge is 0.151 e. The van der Waals surface area contributed by atoms with Crippen molar-refractivity contribution in [2.24, 2.45) is 11.8 Å². The Labute approximate surface area is 135 Å². The van der Waals surface area contributed by atoms with Crippen LogP contribution in [0.25, 0.3) is 11.3 Å². The van der Waals surface area contributed by atoms with Crippen molar-refractivity contribution in [3.63, 3.8) is 0 Å². The first-order valence-electron chi connectivity index (χ1n) is 8.42. The zero-order valence-electron chi connectivity index (χ0n) is 13.2. The molecule has 0 aliphatic carbocycles. The van der Waals surface area contributed by atoms with Crippen molar-refractivity contribution in [2.75, 3.05) is 26.2 Å². The van der Waals surface area contributed by atoms with Gasteiger partial charge in [0.25, 0.3) is 0 Å². The summed E-state index contributed by atoms with van der Waals surface area (Å²) < 4.78 is 18.5. The normalized spacial score (nSPS) is 25.3. The van der Waals surface area contributed by atoms with Crippen LogP contribution in [-0.2, 0) is 6.54 Å². The lowest BCUT2D eigenvalue weighted by atomic mass is 9.92. The molecule has 3 heterocycles. The fourth-order valence-corrected chi connectivity index (χ4v) is 3.79. The molecule has 2 aliphatic heterocycles. The Morgan fingerprint density at radius 3 is 2.52 bits per heavy atom. The maximum atomic E-state index is 13.0. The molecular weight excluding hydrogens is 293 g/mol. The minimum Gasteiger partial charge on any atom is -0.359 e. The fourth-order valence-electron chi connectivity index (χ4n) is 3.79. The first-order chi connectivity index (χ1) is 11.3. The molecule has 2 saturated heterocycles. The number of fused-ring (bicyclic) bond motifs is 1. The number of hydrogen-bond donors (Lipinski definition) is 1. The third-order valence-electron chi connectivity index (χ3n) is 5.19. The van der Waals surface area contributed by atoms with Gasteiger partial charge in [0.05, 0.1) is 6.54 Å². The predicted molar refractivity (Wildman–Crippen MR) is 86.3 cm³/mol. The van der Waals surface area contributed by atoms with Gasteiger partial charge in [-0.05, 0) is 75.1 Å². The van der Waals surface area contributed by atoms with Crippen molar-refractivity contribution in [3.8, 4) is 11.3 Å². The molecule has 122 valence electrons. The van der Waals surface area contributed by atoms with Gasteiger partial charge in [-0.2, -0.15) is 0 Å². The third-order valence-corrected chi connectivity index (χ3v) is 5.19. The van der Waals surface area contributed by atoms with E-state index < -0.39 is 0 Å². The van der Waals surface area contributed by atoms with Gasteiger partial charge in [-0.25, -0.2) is 4.39 Å². The molecule has 5 heteroatoms. The van der Waals surface area contributed by atoms with Crippen molar-refractivity contribution in [2.45, 2.75) is 19.4 Å². The first kappa shape index (κ1) is 14.8. The zero-order chi connectivity index (χ0) is 15.6. The summed E-state index contributed by atoms with van der Waals surface area (Å²) in [5.74, 6) is 2.32. The third kappa shape index (κ3) is 3.31. The molecule has 4 rings (SSSR count). The molecule has 4 nitrogen and oxygen atoms in total. The Morgan fingerprint density at radius 2 is 1.83 bits per heavy atom. The molecule has 0 bridgehead atoms. The zero-order valence-corrected chi connectivity index (χ0v) is 13.2. The second-order valence-corrected chi connectivity index (χ2v) is 6.72. The number of benzene rings is 1. The first-order valence-corrected chi connectivity index (χ1v) is 8.42. The minimum atomic E-state index is -0.234. The van der Waals surface area contributed by atoms with Gasteiger partial charge >= 0.3 is 0 Å². The summed E-state index contributed by atoms with van der Waals surface area (Å²) in [6, 6.07) is 8.34. The van der Waals surface area contributed by atoms with E-state index in [0.29, 0.717) is 0 Å². The summed E-state index contributed by atoms with van der Waals surface area (Å²) in [6.45, 7) is 5.40. The van der Waals surface area contributed by atoms with E-state index in [0.717, 1.165) is 48.5 Å². The molecule has 2 aromatic rings. The van der Waals surface area contributed by atoms with Gasteiger partial charge < -0.3 is 9.84 Å². The Hall–Kier alpha value is -1.72. The molecule has 0 spiro atoms. The van der Waals surface area contributed by atoms with Crippen LogP contribution in [0, 0.1) is 17.7 Å². The maximum Gasteiger partial charge on any atom is 0.151 e. The highest BCUT2D eigenvalue weighted by Crippen LogP contribution is 2.28. The standard InChI is InChI=1S/C18H22FN3O/c19-16-3-1-13(2-4-16)18-9-17(23-21-18)12-22-7-5-14-10-20-11-15(14)6-8-22/h1-4,9,14-15,20H,5-8,10-12H2/t14-,15+.